The number of carbonyl (C=O) groups excluding carboxylic acids is 1. The SMILES string of the molecule is Cc1cc(NC(=O)Nc2cc(O)cc(O)c2)no1. The van der Waals surface area contributed by atoms with Gasteiger partial charge in [-0.15, -0.1) is 0 Å². The number of hydrogen-bond donors (Lipinski definition) is 4. The van der Waals surface area contributed by atoms with Gasteiger partial charge in [-0.3, -0.25) is 5.32 Å². The van der Waals surface area contributed by atoms with E-state index < -0.39 is 6.03 Å². The number of aryl methyl sites for hydroxylation is 1. The molecule has 2 amide bonds. The summed E-state index contributed by atoms with van der Waals surface area (Å²) in [5.74, 6) is 0.542. The molecule has 1 heterocycles. The first-order valence-corrected chi connectivity index (χ1v) is 5.07. The van der Waals surface area contributed by atoms with Gasteiger partial charge in [0.1, 0.15) is 17.3 Å². The summed E-state index contributed by atoms with van der Waals surface area (Å²) in [6.07, 6.45) is 0. The lowest BCUT2D eigenvalue weighted by Gasteiger charge is -2.06. The predicted octanol–water partition coefficient (Wildman–Crippen LogP) is 2.04. The Labute approximate surface area is 102 Å². The second-order valence-corrected chi connectivity index (χ2v) is 3.64. The maximum atomic E-state index is 11.5. The number of phenols is 2. The van der Waals surface area contributed by atoms with E-state index in [2.05, 4.69) is 15.8 Å². The number of carbonyl (C=O) groups is 1. The third-order valence-corrected chi connectivity index (χ3v) is 2.03. The van der Waals surface area contributed by atoms with E-state index in [9.17, 15) is 15.0 Å². The van der Waals surface area contributed by atoms with E-state index in [1.54, 1.807) is 13.0 Å². The second kappa shape index (κ2) is 4.66. The zero-order valence-electron chi connectivity index (χ0n) is 9.47. The fourth-order valence-electron chi connectivity index (χ4n) is 1.37. The molecule has 2 aromatic rings. The summed E-state index contributed by atoms with van der Waals surface area (Å²) in [4.78, 5) is 11.5. The molecule has 94 valence electrons. The zero-order valence-corrected chi connectivity index (χ0v) is 9.47. The minimum Gasteiger partial charge on any atom is -0.508 e. The normalized spacial score (nSPS) is 10.1. The van der Waals surface area contributed by atoms with Crippen molar-refractivity contribution in [1.82, 2.24) is 5.16 Å². The van der Waals surface area contributed by atoms with Crippen molar-refractivity contribution in [3.8, 4) is 11.5 Å². The van der Waals surface area contributed by atoms with Crippen LogP contribution in [0.4, 0.5) is 16.3 Å². The topological polar surface area (TPSA) is 108 Å². The summed E-state index contributed by atoms with van der Waals surface area (Å²) in [7, 11) is 0. The second-order valence-electron chi connectivity index (χ2n) is 3.64. The highest BCUT2D eigenvalue weighted by atomic mass is 16.5. The Morgan fingerprint density at radius 3 is 2.39 bits per heavy atom. The van der Waals surface area contributed by atoms with Gasteiger partial charge in [0, 0.05) is 30.0 Å². The summed E-state index contributed by atoms with van der Waals surface area (Å²) >= 11 is 0. The molecule has 0 fully saturated rings. The van der Waals surface area contributed by atoms with Crippen LogP contribution in [0.25, 0.3) is 0 Å². The lowest BCUT2D eigenvalue weighted by atomic mass is 10.3. The first-order chi connectivity index (χ1) is 8.52. The van der Waals surface area contributed by atoms with Crippen LogP contribution < -0.4 is 10.6 Å². The Morgan fingerprint density at radius 2 is 1.83 bits per heavy atom. The van der Waals surface area contributed by atoms with Gasteiger partial charge in [-0.2, -0.15) is 0 Å². The maximum absolute atomic E-state index is 11.5. The highest BCUT2D eigenvalue weighted by molar-refractivity contribution is 5.99. The van der Waals surface area contributed by atoms with Crippen molar-refractivity contribution < 1.29 is 19.5 Å². The molecule has 0 unspecified atom stereocenters. The molecule has 2 rings (SSSR count). The number of amides is 2. The smallest absolute Gasteiger partial charge is 0.324 e. The van der Waals surface area contributed by atoms with Gasteiger partial charge in [0.15, 0.2) is 5.82 Å². The van der Waals surface area contributed by atoms with Gasteiger partial charge in [-0.05, 0) is 6.92 Å². The molecule has 0 spiro atoms. The fourth-order valence-corrected chi connectivity index (χ4v) is 1.37. The van der Waals surface area contributed by atoms with Crippen molar-refractivity contribution in [2.75, 3.05) is 10.6 Å². The largest absolute Gasteiger partial charge is 0.508 e. The molecule has 0 saturated heterocycles. The first kappa shape index (κ1) is 11.8. The van der Waals surface area contributed by atoms with Gasteiger partial charge >= 0.3 is 6.03 Å². The molecular weight excluding hydrogens is 238 g/mol. The third kappa shape index (κ3) is 2.91. The van der Waals surface area contributed by atoms with Crippen LogP contribution in [-0.4, -0.2) is 21.4 Å². The number of benzene rings is 1. The molecule has 0 aliphatic heterocycles. The summed E-state index contributed by atoms with van der Waals surface area (Å²) in [6.45, 7) is 1.70. The monoisotopic (exact) mass is 249 g/mol. The Balaban J connectivity index is 2.02. The number of nitrogens with zero attached hydrogens (tertiary/aromatic N) is 1. The van der Waals surface area contributed by atoms with Crippen LogP contribution >= 0.6 is 0 Å². The van der Waals surface area contributed by atoms with E-state index in [4.69, 9.17) is 4.52 Å². The molecule has 0 saturated carbocycles. The molecule has 0 bridgehead atoms. The van der Waals surface area contributed by atoms with Crippen molar-refractivity contribution in [2.24, 2.45) is 0 Å². The average Bonchev–Trinajstić information content (AvgIpc) is 2.61. The van der Waals surface area contributed by atoms with Crippen LogP contribution in [0, 0.1) is 6.92 Å². The Morgan fingerprint density at radius 1 is 1.17 bits per heavy atom. The van der Waals surface area contributed by atoms with Gasteiger partial charge in [0.05, 0.1) is 0 Å². The van der Waals surface area contributed by atoms with Gasteiger partial charge in [0.2, 0.25) is 0 Å². The van der Waals surface area contributed by atoms with Gasteiger partial charge in [-0.25, -0.2) is 4.79 Å². The van der Waals surface area contributed by atoms with Gasteiger partial charge in [-0.1, -0.05) is 5.16 Å². The van der Waals surface area contributed by atoms with E-state index >= 15 is 0 Å². The number of rotatable bonds is 2. The summed E-state index contributed by atoms with van der Waals surface area (Å²) in [5.41, 5.74) is 0.255. The number of aromatic nitrogens is 1. The Hall–Kier alpha value is -2.70. The lowest BCUT2D eigenvalue weighted by Crippen LogP contribution is -2.19. The van der Waals surface area contributed by atoms with Crippen LogP contribution in [0.1, 0.15) is 5.76 Å². The molecule has 4 N–H and O–H groups in total. The highest BCUT2D eigenvalue weighted by Gasteiger charge is 2.07. The molecular formula is C11H11N3O4. The molecule has 0 atom stereocenters. The van der Waals surface area contributed by atoms with Crippen LogP contribution in [-0.2, 0) is 0 Å². The zero-order chi connectivity index (χ0) is 13.1. The fraction of sp³-hybridized carbons (Fsp3) is 0.0909. The lowest BCUT2D eigenvalue weighted by molar-refractivity contribution is 0.262. The molecule has 0 radical (unpaired) electrons. The van der Waals surface area contributed by atoms with Crippen molar-refractivity contribution in [1.29, 1.82) is 0 Å². The van der Waals surface area contributed by atoms with Crippen molar-refractivity contribution in [3.05, 3.63) is 30.0 Å². The number of phenolic OH excluding ortho intramolecular Hbond substituents is 2. The van der Waals surface area contributed by atoms with Gasteiger partial charge in [0.25, 0.3) is 0 Å². The molecule has 1 aromatic carbocycles. The quantitative estimate of drug-likeness (QED) is 0.651. The number of nitrogens with one attached hydrogen (secondary N) is 2. The highest BCUT2D eigenvalue weighted by Crippen LogP contribution is 2.23. The van der Waals surface area contributed by atoms with E-state index in [-0.39, 0.29) is 23.0 Å². The van der Waals surface area contributed by atoms with E-state index in [1.807, 2.05) is 0 Å². The van der Waals surface area contributed by atoms with Crippen LogP contribution in [0.2, 0.25) is 0 Å². The number of aromatic hydroxyl groups is 2. The predicted molar refractivity (Wildman–Crippen MR) is 63.7 cm³/mol. The standard InChI is InChI=1S/C11H11N3O4/c1-6-2-10(14-18-6)13-11(17)12-7-3-8(15)5-9(16)4-7/h2-5,15-16H,1H3,(H2,12,13,14,17). The van der Waals surface area contributed by atoms with Crippen molar-refractivity contribution in [3.63, 3.8) is 0 Å². The number of anilines is 2. The van der Waals surface area contributed by atoms with Crippen LogP contribution in [0.15, 0.2) is 28.8 Å². The van der Waals surface area contributed by atoms with Crippen molar-refractivity contribution >= 4 is 17.5 Å². The average molecular weight is 249 g/mol. The molecule has 1 aromatic heterocycles. The molecule has 0 aliphatic rings. The minimum absolute atomic E-state index is 0.150. The van der Waals surface area contributed by atoms with Gasteiger partial charge < -0.3 is 20.1 Å². The minimum atomic E-state index is -0.562. The first-order valence-electron chi connectivity index (χ1n) is 5.07. The molecule has 0 aliphatic carbocycles. The van der Waals surface area contributed by atoms with Crippen LogP contribution in [0.3, 0.4) is 0 Å². The maximum Gasteiger partial charge on any atom is 0.324 e. The Kier molecular flexibility index (Phi) is 3.05. The summed E-state index contributed by atoms with van der Waals surface area (Å²) < 4.78 is 4.78. The number of urea groups is 1. The Bertz CT molecular complexity index is 559. The molecule has 7 heteroatoms. The van der Waals surface area contributed by atoms with Crippen LogP contribution in [0.5, 0.6) is 11.5 Å². The molecule has 7 nitrogen and oxygen atoms in total. The third-order valence-electron chi connectivity index (χ3n) is 2.03. The molecule has 18 heavy (non-hydrogen) atoms. The number of hydrogen-bond acceptors (Lipinski definition) is 5. The van der Waals surface area contributed by atoms with E-state index in [1.165, 1.54) is 12.1 Å². The summed E-state index contributed by atoms with van der Waals surface area (Å²) in [5, 5.41) is 26.9. The summed E-state index contributed by atoms with van der Waals surface area (Å²) in [6, 6.07) is 4.75. The van der Waals surface area contributed by atoms with E-state index in [0.717, 1.165) is 6.07 Å². The van der Waals surface area contributed by atoms with E-state index in [0.29, 0.717) is 5.76 Å². The van der Waals surface area contributed by atoms with Crippen molar-refractivity contribution in [2.45, 2.75) is 6.92 Å².